The molecule has 1 aliphatic rings. The van der Waals surface area contributed by atoms with Gasteiger partial charge in [0, 0.05) is 32.4 Å². The quantitative estimate of drug-likeness (QED) is 0.734. The Morgan fingerprint density at radius 1 is 1.19 bits per heavy atom. The molecule has 1 heterocycles. The minimum atomic E-state index is 0.00796. The van der Waals surface area contributed by atoms with Gasteiger partial charge in [-0.05, 0) is 12.5 Å². The van der Waals surface area contributed by atoms with E-state index in [1.807, 2.05) is 11.0 Å². The normalized spacial score (nSPS) is 19.1. The molecular weight excluding hydrogens is 202 g/mol. The zero-order valence-corrected chi connectivity index (χ0v) is 10.8. The van der Waals surface area contributed by atoms with Crippen molar-refractivity contribution in [3.8, 4) is 0 Å². The summed E-state index contributed by atoms with van der Waals surface area (Å²) < 4.78 is 0. The molecule has 0 bridgehead atoms. The summed E-state index contributed by atoms with van der Waals surface area (Å²) in [5, 5.41) is 2.81. The molecule has 0 aromatic rings. The maximum absolute atomic E-state index is 11.7. The van der Waals surface area contributed by atoms with Crippen LogP contribution in [-0.4, -0.2) is 49.1 Å². The van der Waals surface area contributed by atoms with E-state index in [9.17, 15) is 4.79 Å². The Labute approximate surface area is 98.3 Å². The van der Waals surface area contributed by atoms with Gasteiger partial charge in [0.15, 0.2) is 0 Å². The van der Waals surface area contributed by atoms with E-state index in [1.54, 1.807) is 6.20 Å². The monoisotopic (exact) mass is 225 g/mol. The Kier molecular flexibility index (Phi) is 4.35. The van der Waals surface area contributed by atoms with Gasteiger partial charge in [-0.2, -0.15) is 0 Å². The number of carbonyl (C=O) groups is 1. The van der Waals surface area contributed by atoms with Gasteiger partial charge in [0.2, 0.25) is 0 Å². The molecule has 0 aromatic heterocycles. The lowest BCUT2D eigenvalue weighted by Gasteiger charge is -2.32. The van der Waals surface area contributed by atoms with Gasteiger partial charge >= 0.3 is 6.03 Å². The van der Waals surface area contributed by atoms with Crippen molar-refractivity contribution in [2.75, 3.05) is 33.2 Å². The lowest BCUT2D eigenvalue weighted by Crippen LogP contribution is -2.49. The Hall–Kier alpha value is -1.03. The van der Waals surface area contributed by atoms with E-state index in [-0.39, 0.29) is 11.4 Å². The van der Waals surface area contributed by atoms with Gasteiger partial charge in [-0.1, -0.05) is 26.8 Å². The van der Waals surface area contributed by atoms with E-state index in [1.165, 1.54) is 0 Å². The number of likely N-dealkylation sites (N-methyl/N-ethyl adjacent to an activating group) is 1. The number of hydrogen-bond acceptors (Lipinski definition) is 2. The summed E-state index contributed by atoms with van der Waals surface area (Å²) in [6.45, 7) is 9.84. The van der Waals surface area contributed by atoms with Gasteiger partial charge in [-0.25, -0.2) is 4.79 Å². The molecule has 4 heteroatoms. The summed E-state index contributed by atoms with van der Waals surface area (Å²) in [4.78, 5) is 15.8. The van der Waals surface area contributed by atoms with E-state index in [4.69, 9.17) is 0 Å². The topological polar surface area (TPSA) is 35.6 Å². The number of nitrogens with one attached hydrogen (secondary N) is 1. The van der Waals surface area contributed by atoms with Crippen LogP contribution in [0.25, 0.3) is 0 Å². The molecule has 16 heavy (non-hydrogen) atoms. The fraction of sp³-hybridized carbons (Fsp3) is 0.750. The summed E-state index contributed by atoms with van der Waals surface area (Å²) in [5.74, 6) is 0. The highest BCUT2D eigenvalue weighted by atomic mass is 16.2. The van der Waals surface area contributed by atoms with Crippen LogP contribution in [0.2, 0.25) is 0 Å². The molecule has 4 nitrogen and oxygen atoms in total. The molecule has 1 N–H and O–H groups in total. The average molecular weight is 225 g/mol. The van der Waals surface area contributed by atoms with Crippen LogP contribution in [0.5, 0.6) is 0 Å². The summed E-state index contributed by atoms with van der Waals surface area (Å²) in [6, 6.07) is 0.00796. The number of rotatable bonds is 1. The average Bonchev–Trinajstić information content (AvgIpc) is 2.16. The summed E-state index contributed by atoms with van der Waals surface area (Å²) in [6.07, 6.45) is 3.75. The Morgan fingerprint density at radius 3 is 2.25 bits per heavy atom. The number of hydrogen-bond donors (Lipinski definition) is 1. The minimum absolute atomic E-state index is 0.00796. The van der Waals surface area contributed by atoms with Crippen LogP contribution in [0.4, 0.5) is 4.79 Å². The van der Waals surface area contributed by atoms with Crippen molar-refractivity contribution in [2.24, 2.45) is 5.41 Å². The second-order valence-corrected chi connectivity index (χ2v) is 5.44. The molecule has 0 atom stereocenters. The lowest BCUT2D eigenvalue weighted by molar-refractivity contribution is 0.157. The highest BCUT2D eigenvalue weighted by molar-refractivity contribution is 5.75. The molecule has 0 aromatic carbocycles. The first kappa shape index (κ1) is 13.0. The SMILES string of the molecule is CN1CCN(C(=O)N/C=C/C(C)(C)C)CC1. The first-order valence-electron chi connectivity index (χ1n) is 5.80. The predicted octanol–water partition coefficient (Wildman–Crippen LogP) is 1.50. The van der Waals surface area contributed by atoms with Crippen molar-refractivity contribution >= 4 is 6.03 Å². The molecule has 1 fully saturated rings. The number of nitrogens with zero attached hydrogens (tertiary/aromatic N) is 2. The third-order valence-corrected chi connectivity index (χ3v) is 2.58. The van der Waals surface area contributed by atoms with Crippen molar-refractivity contribution in [2.45, 2.75) is 20.8 Å². The van der Waals surface area contributed by atoms with Crippen LogP contribution in [-0.2, 0) is 0 Å². The second kappa shape index (κ2) is 5.34. The van der Waals surface area contributed by atoms with Gasteiger partial charge in [0.25, 0.3) is 0 Å². The Bertz CT molecular complexity index is 260. The fourth-order valence-corrected chi connectivity index (χ4v) is 1.46. The van der Waals surface area contributed by atoms with Crippen LogP contribution >= 0.6 is 0 Å². The van der Waals surface area contributed by atoms with E-state index >= 15 is 0 Å². The van der Waals surface area contributed by atoms with E-state index in [2.05, 4.69) is 38.0 Å². The van der Waals surface area contributed by atoms with Crippen LogP contribution in [0.1, 0.15) is 20.8 Å². The molecule has 1 saturated heterocycles. The van der Waals surface area contributed by atoms with Gasteiger partial charge in [-0.3, -0.25) is 0 Å². The minimum Gasteiger partial charge on any atom is -0.322 e. The summed E-state index contributed by atoms with van der Waals surface area (Å²) in [5.41, 5.74) is 0.107. The van der Waals surface area contributed by atoms with Crippen LogP contribution in [0, 0.1) is 5.41 Å². The number of amides is 2. The maximum atomic E-state index is 11.7. The van der Waals surface area contributed by atoms with Crippen LogP contribution < -0.4 is 5.32 Å². The second-order valence-electron chi connectivity index (χ2n) is 5.44. The molecule has 2 amide bonds. The maximum Gasteiger partial charge on any atom is 0.321 e. The summed E-state index contributed by atoms with van der Waals surface area (Å²) >= 11 is 0. The number of allylic oxidation sites excluding steroid dienone is 1. The first-order chi connectivity index (χ1) is 7.38. The standard InChI is InChI=1S/C12H23N3O/c1-12(2,3)5-6-13-11(16)15-9-7-14(4)8-10-15/h5-6H,7-10H2,1-4H3,(H,13,16)/b6-5+. The van der Waals surface area contributed by atoms with E-state index < -0.39 is 0 Å². The number of piperazine rings is 1. The number of urea groups is 1. The highest BCUT2D eigenvalue weighted by Gasteiger charge is 2.17. The molecule has 1 aliphatic heterocycles. The van der Waals surface area contributed by atoms with E-state index in [0.29, 0.717) is 0 Å². The molecule has 1 rings (SSSR count). The molecule has 0 saturated carbocycles. The van der Waals surface area contributed by atoms with Crippen molar-refractivity contribution in [1.82, 2.24) is 15.1 Å². The van der Waals surface area contributed by atoms with Crippen molar-refractivity contribution in [3.05, 3.63) is 12.3 Å². The molecule has 0 unspecified atom stereocenters. The van der Waals surface area contributed by atoms with Gasteiger partial charge in [0.05, 0.1) is 0 Å². The Balaban J connectivity index is 2.33. The molecular formula is C12H23N3O. The zero-order valence-electron chi connectivity index (χ0n) is 10.8. The highest BCUT2D eigenvalue weighted by Crippen LogP contribution is 2.13. The molecule has 0 aliphatic carbocycles. The van der Waals surface area contributed by atoms with Crippen LogP contribution in [0.15, 0.2) is 12.3 Å². The molecule has 0 radical (unpaired) electrons. The smallest absolute Gasteiger partial charge is 0.321 e. The third-order valence-electron chi connectivity index (χ3n) is 2.58. The number of carbonyl (C=O) groups excluding carboxylic acids is 1. The summed E-state index contributed by atoms with van der Waals surface area (Å²) in [7, 11) is 2.08. The van der Waals surface area contributed by atoms with Gasteiger partial charge < -0.3 is 15.1 Å². The molecule has 0 spiro atoms. The third kappa shape index (κ3) is 4.66. The first-order valence-corrected chi connectivity index (χ1v) is 5.80. The van der Waals surface area contributed by atoms with Crippen molar-refractivity contribution in [3.63, 3.8) is 0 Å². The fourth-order valence-electron chi connectivity index (χ4n) is 1.46. The largest absolute Gasteiger partial charge is 0.322 e. The van der Waals surface area contributed by atoms with Gasteiger partial charge in [0.1, 0.15) is 0 Å². The van der Waals surface area contributed by atoms with Crippen molar-refractivity contribution in [1.29, 1.82) is 0 Å². The predicted molar refractivity (Wildman–Crippen MR) is 66.2 cm³/mol. The van der Waals surface area contributed by atoms with Crippen molar-refractivity contribution < 1.29 is 4.79 Å². The Morgan fingerprint density at radius 2 is 1.75 bits per heavy atom. The van der Waals surface area contributed by atoms with E-state index in [0.717, 1.165) is 26.2 Å². The van der Waals surface area contributed by atoms with Crippen LogP contribution in [0.3, 0.4) is 0 Å². The zero-order chi connectivity index (χ0) is 12.2. The lowest BCUT2D eigenvalue weighted by atomic mass is 9.97. The molecule has 92 valence electrons. The van der Waals surface area contributed by atoms with Gasteiger partial charge in [-0.15, -0.1) is 0 Å².